The molecule has 26 heavy (non-hydrogen) atoms. The molecule has 0 fully saturated rings. The molecule has 2 aromatic rings. The Morgan fingerprint density at radius 3 is 2.46 bits per heavy atom. The van der Waals surface area contributed by atoms with Gasteiger partial charge >= 0.3 is 6.03 Å². The molecule has 1 aliphatic rings. The lowest BCUT2D eigenvalue weighted by molar-refractivity contribution is -0.113. The zero-order chi connectivity index (χ0) is 18.8. The van der Waals surface area contributed by atoms with Gasteiger partial charge in [-0.25, -0.2) is 9.18 Å². The first-order valence-electron chi connectivity index (χ1n) is 8.27. The zero-order valence-corrected chi connectivity index (χ0v) is 14.8. The molecular weight excluding hydrogens is 333 g/mol. The van der Waals surface area contributed by atoms with Crippen molar-refractivity contribution < 1.29 is 14.0 Å². The number of amides is 3. The normalized spacial score (nSPS) is 16.8. The molecule has 0 saturated carbocycles. The number of halogens is 1. The van der Waals surface area contributed by atoms with E-state index < -0.39 is 12.1 Å². The molecule has 0 unspecified atom stereocenters. The van der Waals surface area contributed by atoms with E-state index >= 15 is 0 Å². The monoisotopic (exact) mass is 353 g/mol. The molecule has 3 N–H and O–H groups in total. The van der Waals surface area contributed by atoms with Crippen LogP contribution in [0.2, 0.25) is 0 Å². The summed E-state index contributed by atoms with van der Waals surface area (Å²) in [5.41, 5.74) is 4.16. The summed E-state index contributed by atoms with van der Waals surface area (Å²) in [4.78, 5) is 24.9. The lowest BCUT2D eigenvalue weighted by Gasteiger charge is -2.29. The standard InChI is InChI=1S/C20H20FN3O2/c1-11-4-5-12(2)16(10-11)23-19(25)17-13(3)22-20(26)24-18(17)14-6-8-15(21)9-7-14/h4-10,18H,1-3H3,(H,23,25)(H2,22,24,26)/t18-/m0/s1. The Morgan fingerprint density at radius 1 is 1.08 bits per heavy atom. The first-order valence-corrected chi connectivity index (χ1v) is 8.27. The molecule has 0 saturated heterocycles. The van der Waals surface area contributed by atoms with Crippen LogP contribution in [-0.4, -0.2) is 11.9 Å². The minimum atomic E-state index is -0.658. The summed E-state index contributed by atoms with van der Waals surface area (Å²) in [5, 5.41) is 8.28. The second kappa shape index (κ2) is 7.00. The van der Waals surface area contributed by atoms with Gasteiger partial charge in [0.1, 0.15) is 5.82 Å². The summed E-state index contributed by atoms with van der Waals surface area (Å²) in [7, 11) is 0. The van der Waals surface area contributed by atoms with Crippen molar-refractivity contribution in [2.24, 2.45) is 0 Å². The van der Waals surface area contributed by atoms with E-state index in [0.29, 0.717) is 22.5 Å². The van der Waals surface area contributed by atoms with Crippen LogP contribution in [0, 0.1) is 19.7 Å². The summed E-state index contributed by atoms with van der Waals surface area (Å²) in [6.07, 6.45) is 0. The van der Waals surface area contributed by atoms with E-state index in [4.69, 9.17) is 0 Å². The number of hydrogen-bond acceptors (Lipinski definition) is 2. The fraction of sp³-hybridized carbons (Fsp3) is 0.200. The quantitative estimate of drug-likeness (QED) is 0.787. The number of carbonyl (C=O) groups is 2. The maximum atomic E-state index is 13.2. The molecule has 6 heteroatoms. The fourth-order valence-corrected chi connectivity index (χ4v) is 2.96. The molecule has 1 aliphatic heterocycles. The van der Waals surface area contributed by atoms with Crippen LogP contribution in [0.4, 0.5) is 14.9 Å². The van der Waals surface area contributed by atoms with Gasteiger partial charge in [0.05, 0.1) is 11.6 Å². The Kier molecular flexibility index (Phi) is 4.75. The number of aryl methyl sites for hydroxylation is 2. The number of nitrogens with one attached hydrogen (secondary N) is 3. The van der Waals surface area contributed by atoms with Crippen LogP contribution in [-0.2, 0) is 4.79 Å². The van der Waals surface area contributed by atoms with Gasteiger partial charge in [0.25, 0.3) is 5.91 Å². The topological polar surface area (TPSA) is 70.2 Å². The van der Waals surface area contributed by atoms with Crippen molar-refractivity contribution in [1.29, 1.82) is 0 Å². The van der Waals surface area contributed by atoms with E-state index in [1.54, 1.807) is 19.1 Å². The highest BCUT2D eigenvalue weighted by atomic mass is 19.1. The predicted molar refractivity (Wildman–Crippen MR) is 98.1 cm³/mol. The maximum absolute atomic E-state index is 13.2. The lowest BCUT2D eigenvalue weighted by atomic mass is 9.94. The number of hydrogen-bond donors (Lipinski definition) is 3. The fourth-order valence-electron chi connectivity index (χ4n) is 2.96. The summed E-state index contributed by atoms with van der Waals surface area (Å²) in [6, 6.07) is 10.5. The van der Waals surface area contributed by atoms with Crippen LogP contribution in [0.15, 0.2) is 53.7 Å². The Labute approximate surface area is 151 Å². The van der Waals surface area contributed by atoms with E-state index in [-0.39, 0.29) is 11.7 Å². The Morgan fingerprint density at radius 2 is 1.77 bits per heavy atom. The van der Waals surface area contributed by atoms with Gasteiger partial charge < -0.3 is 16.0 Å². The summed E-state index contributed by atoms with van der Waals surface area (Å²) in [5.74, 6) is -0.700. The smallest absolute Gasteiger partial charge is 0.319 e. The number of carbonyl (C=O) groups excluding carboxylic acids is 2. The van der Waals surface area contributed by atoms with Crippen molar-refractivity contribution in [2.45, 2.75) is 26.8 Å². The van der Waals surface area contributed by atoms with Gasteiger partial charge in [0.2, 0.25) is 0 Å². The summed E-state index contributed by atoms with van der Waals surface area (Å²) in [6.45, 7) is 5.53. The van der Waals surface area contributed by atoms with Gasteiger partial charge in [-0.05, 0) is 55.7 Å². The summed E-state index contributed by atoms with van der Waals surface area (Å²) >= 11 is 0. The Balaban J connectivity index is 1.96. The molecule has 1 atom stereocenters. The molecule has 1 heterocycles. The average Bonchev–Trinajstić information content (AvgIpc) is 2.58. The number of anilines is 1. The molecule has 0 bridgehead atoms. The first kappa shape index (κ1) is 17.7. The van der Waals surface area contributed by atoms with Crippen LogP contribution >= 0.6 is 0 Å². The largest absolute Gasteiger partial charge is 0.327 e. The third-order valence-corrected chi connectivity index (χ3v) is 4.36. The molecule has 2 aromatic carbocycles. The van der Waals surface area contributed by atoms with Gasteiger partial charge in [-0.15, -0.1) is 0 Å². The number of urea groups is 1. The van der Waals surface area contributed by atoms with Crippen molar-refractivity contribution in [3.8, 4) is 0 Å². The van der Waals surface area contributed by atoms with Crippen LogP contribution in [0.25, 0.3) is 0 Å². The number of benzene rings is 2. The van der Waals surface area contributed by atoms with E-state index in [0.717, 1.165) is 11.1 Å². The Bertz CT molecular complexity index is 904. The maximum Gasteiger partial charge on any atom is 0.319 e. The molecule has 0 aliphatic carbocycles. The zero-order valence-electron chi connectivity index (χ0n) is 14.8. The second-order valence-electron chi connectivity index (χ2n) is 6.39. The highest BCUT2D eigenvalue weighted by molar-refractivity contribution is 6.07. The van der Waals surface area contributed by atoms with Crippen molar-refractivity contribution in [3.63, 3.8) is 0 Å². The van der Waals surface area contributed by atoms with E-state index in [9.17, 15) is 14.0 Å². The Hall–Kier alpha value is -3.15. The van der Waals surface area contributed by atoms with Crippen molar-refractivity contribution >= 4 is 17.6 Å². The highest BCUT2D eigenvalue weighted by Gasteiger charge is 2.31. The van der Waals surface area contributed by atoms with Crippen molar-refractivity contribution in [2.75, 3.05) is 5.32 Å². The average molecular weight is 353 g/mol. The van der Waals surface area contributed by atoms with E-state index in [2.05, 4.69) is 16.0 Å². The summed E-state index contributed by atoms with van der Waals surface area (Å²) < 4.78 is 13.2. The minimum absolute atomic E-state index is 0.321. The molecule has 3 amide bonds. The second-order valence-corrected chi connectivity index (χ2v) is 6.39. The molecule has 0 radical (unpaired) electrons. The van der Waals surface area contributed by atoms with Crippen LogP contribution < -0.4 is 16.0 Å². The molecule has 5 nitrogen and oxygen atoms in total. The molecule has 0 aromatic heterocycles. The third-order valence-electron chi connectivity index (χ3n) is 4.36. The highest BCUT2D eigenvalue weighted by Crippen LogP contribution is 2.28. The minimum Gasteiger partial charge on any atom is -0.327 e. The SMILES string of the molecule is CC1=C(C(=O)Nc2cc(C)ccc2C)[C@H](c2ccc(F)cc2)NC(=O)N1. The first-order chi connectivity index (χ1) is 12.3. The van der Waals surface area contributed by atoms with Gasteiger partial charge in [-0.1, -0.05) is 24.3 Å². The van der Waals surface area contributed by atoms with Gasteiger partial charge in [-0.2, -0.15) is 0 Å². The van der Waals surface area contributed by atoms with Crippen LogP contribution in [0.3, 0.4) is 0 Å². The molecular formula is C20H20FN3O2. The molecule has 134 valence electrons. The van der Waals surface area contributed by atoms with Crippen molar-refractivity contribution in [3.05, 3.63) is 76.2 Å². The lowest BCUT2D eigenvalue weighted by Crippen LogP contribution is -2.46. The molecule has 0 spiro atoms. The van der Waals surface area contributed by atoms with Gasteiger partial charge in [-0.3, -0.25) is 4.79 Å². The van der Waals surface area contributed by atoms with Crippen LogP contribution in [0.1, 0.15) is 29.7 Å². The van der Waals surface area contributed by atoms with E-state index in [1.165, 1.54) is 12.1 Å². The number of allylic oxidation sites excluding steroid dienone is 1. The number of rotatable bonds is 3. The van der Waals surface area contributed by atoms with Crippen molar-refractivity contribution in [1.82, 2.24) is 10.6 Å². The van der Waals surface area contributed by atoms with E-state index in [1.807, 2.05) is 32.0 Å². The van der Waals surface area contributed by atoms with Crippen LogP contribution in [0.5, 0.6) is 0 Å². The van der Waals surface area contributed by atoms with Gasteiger partial charge in [0.15, 0.2) is 0 Å². The van der Waals surface area contributed by atoms with Gasteiger partial charge in [0, 0.05) is 11.4 Å². The predicted octanol–water partition coefficient (Wildman–Crippen LogP) is 3.71. The molecule has 3 rings (SSSR count). The third kappa shape index (κ3) is 3.59.